The Morgan fingerprint density at radius 3 is 2.52 bits per heavy atom. The molecule has 2 aromatic rings. The molecule has 0 aromatic heterocycles. The van der Waals surface area contributed by atoms with Crippen LogP contribution in [-0.4, -0.2) is 20.0 Å². The van der Waals surface area contributed by atoms with Gasteiger partial charge in [0.1, 0.15) is 11.9 Å². The van der Waals surface area contributed by atoms with Crippen LogP contribution in [0.4, 0.5) is 0 Å². The zero-order chi connectivity index (χ0) is 14.8. The van der Waals surface area contributed by atoms with Crippen LogP contribution >= 0.6 is 0 Å². The first-order valence-electron chi connectivity index (χ1n) is 6.73. The molecule has 1 heterocycles. The van der Waals surface area contributed by atoms with E-state index in [0.29, 0.717) is 29.2 Å². The normalized spacial score (nSPS) is 16.9. The molecular formula is C17H16O4. The monoisotopic (exact) mass is 284 g/mol. The highest BCUT2D eigenvalue weighted by atomic mass is 16.5. The molecule has 0 bridgehead atoms. The van der Waals surface area contributed by atoms with Gasteiger partial charge < -0.3 is 14.2 Å². The van der Waals surface area contributed by atoms with Crippen LogP contribution in [-0.2, 0) is 0 Å². The molecule has 21 heavy (non-hydrogen) atoms. The Morgan fingerprint density at radius 1 is 1.10 bits per heavy atom. The summed E-state index contributed by atoms with van der Waals surface area (Å²) in [6.07, 6.45) is 0.0290. The van der Waals surface area contributed by atoms with Crippen molar-refractivity contribution in [2.45, 2.75) is 12.5 Å². The molecule has 1 atom stereocenters. The lowest BCUT2D eigenvalue weighted by Crippen LogP contribution is -2.21. The second-order valence-electron chi connectivity index (χ2n) is 4.85. The van der Waals surface area contributed by atoms with Crippen molar-refractivity contribution in [1.82, 2.24) is 0 Å². The standard InChI is InChI=1S/C17H16O4/c1-19-12-8-13-14(18)10-15(11-6-4-3-5-7-11)21-17(13)16(9-12)20-2/h3-9,15H,10H2,1-2H3/t15-/m1/s1. The van der Waals surface area contributed by atoms with Crippen molar-refractivity contribution in [3.63, 3.8) is 0 Å². The molecule has 108 valence electrons. The zero-order valence-electron chi connectivity index (χ0n) is 12.0. The van der Waals surface area contributed by atoms with E-state index in [1.54, 1.807) is 26.4 Å². The van der Waals surface area contributed by atoms with Gasteiger partial charge in [-0.25, -0.2) is 0 Å². The van der Waals surface area contributed by atoms with Gasteiger partial charge in [0.25, 0.3) is 0 Å². The highest BCUT2D eigenvalue weighted by Gasteiger charge is 2.30. The van der Waals surface area contributed by atoms with Crippen LogP contribution in [0.15, 0.2) is 42.5 Å². The highest BCUT2D eigenvalue weighted by Crippen LogP contribution is 2.43. The third-order valence-corrected chi connectivity index (χ3v) is 3.59. The summed E-state index contributed by atoms with van der Waals surface area (Å²) < 4.78 is 16.5. The Hall–Kier alpha value is -2.49. The summed E-state index contributed by atoms with van der Waals surface area (Å²) in [5.41, 5.74) is 1.49. The van der Waals surface area contributed by atoms with Crippen LogP contribution in [0, 0.1) is 0 Å². The van der Waals surface area contributed by atoms with Gasteiger partial charge in [-0.2, -0.15) is 0 Å². The van der Waals surface area contributed by atoms with Crippen molar-refractivity contribution in [3.05, 3.63) is 53.6 Å². The predicted octanol–water partition coefficient (Wildman–Crippen LogP) is 3.41. The lowest BCUT2D eigenvalue weighted by atomic mass is 9.96. The SMILES string of the molecule is COc1cc(OC)c2c(c1)C(=O)C[C@H](c1ccccc1)O2. The number of carbonyl (C=O) groups is 1. The molecule has 4 heteroatoms. The third-order valence-electron chi connectivity index (χ3n) is 3.59. The smallest absolute Gasteiger partial charge is 0.173 e. The van der Waals surface area contributed by atoms with Crippen molar-refractivity contribution in [2.75, 3.05) is 14.2 Å². The minimum absolute atomic E-state index is 0.0299. The second kappa shape index (κ2) is 5.48. The summed E-state index contributed by atoms with van der Waals surface area (Å²) in [7, 11) is 3.11. The minimum Gasteiger partial charge on any atom is -0.497 e. The molecule has 2 aromatic carbocycles. The molecule has 3 rings (SSSR count). The number of methoxy groups -OCH3 is 2. The third kappa shape index (κ3) is 2.44. The number of Topliss-reactive ketones (excluding diaryl/α,β-unsaturated/α-hetero) is 1. The summed E-state index contributed by atoms with van der Waals surface area (Å²) in [4.78, 5) is 12.4. The number of carbonyl (C=O) groups excluding carboxylic acids is 1. The molecule has 0 N–H and O–H groups in total. The average molecular weight is 284 g/mol. The Kier molecular flexibility index (Phi) is 3.52. The van der Waals surface area contributed by atoms with Gasteiger partial charge in [-0.1, -0.05) is 30.3 Å². The molecule has 0 radical (unpaired) electrons. The zero-order valence-corrected chi connectivity index (χ0v) is 12.0. The molecule has 0 fully saturated rings. The van der Waals surface area contributed by atoms with E-state index in [4.69, 9.17) is 14.2 Å². The van der Waals surface area contributed by atoms with Crippen molar-refractivity contribution in [3.8, 4) is 17.2 Å². The van der Waals surface area contributed by atoms with Crippen molar-refractivity contribution in [2.24, 2.45) is 0 Å². The molecule has 0 saturated heterocycles. The van der Waals surface area contributed by atoms with Gasteiger partial charge in [0.05, 0.1) is 26.2 Å². The highest BCUT2D eigenvalue weighted by molar-refractivity contribution is 6.01. The molecule has 1 aliphatic rings. The lowest BCUT2D eigenvalue weighted by molar-refractivity contribution is 0.0841. The Bertz CT molecular complexity index is 664. The fourth-order valence-corrected chi connectivity index (χ4v) is 2.49. The number of ketones is 1. The number of fused-ring (bicyclic) bond motifs is 1. The van der Waals surface area contributed by atoms with E-state index >= 15 is 0 Å². The van der Waals surface area contributed by atoms with Crippen LogP contribution < -0.4 is 14.2 Å². The van der Waals surface area contributed by atoms with E-state index in [-0.39, 0.29) is 11.9 Å². The summed E-state index contributed by atoms with van der Waals surface area (Å²) in [6, 6.07) is 13.1. The van der Waals surface area contributed by atoms with E-state index in [0.717, 1.165) is 5.56 Å². The van der Waals surface area contributed by atoms with Gasteiger partial charge in [0, 0.05) is 6.07 Å². The first-order chi connectivity index (χ1) is 10.2. The van der Waals surface area contributed by atoms with Gasteiger partial charge in [0.2, 0.25) is 0 Å². The largest absolute Gasteiger partial charge is 0.497 e. The Morgan fingerprint density at radius 2 is 1.86 bits per heavy atom. The molecule has 0 unspecified atom stereocenters. The van der Waals surface area contributed by atoms with E-state index < -0.39 is 0 Å². The fourth-order valence-electron chi connectivity index (χ4n) is 2.49. The van der Waals surface area contributed by atoms with Crippen molar-refractivity contribution >= 4 is 5.78 Å². The maximum Gasteiger partial charge on any atom is 0.173 e. The molecule has 0 aliphatic carbocycles. The van der Waals surface area contributed by atoms with Crippen LogP contribution in [0.5, 0.6) is 17.2 Å². The first-order valence-corrected chi connectivity index (χ1v) is 6.73. The van der Waals surface area contributed by atoms with Crippen LogP contribution in [0.1, 0.15) is 28.4 Å². The van der Waals surface area contributed by atoms with Gasteiger partial charge in [-0.3, -0.25) is 4.79 Å². The number of rotatable bonds is 3. The Balaban J connectivity index is 2.03. The van der Waals surface area contributed by atoms with Crippen LogP contribution in [0.3, 0.4) is 0 Å². The molecule has 0 saturated carbocycles. The van der Waals surface area contributed by atoms with Crippen molar-refractivity contribution in [1.29, 1.82) is 0 Å². The van der Waals surface area contributed by atoms with Gasteiger partial charge >= 0.3 is 0 Å². The van der Waals surface area contributed by atoms with Gasteiger partial charge in [0.15, 0.2) is 17.3 Å². The number of benzene rings is 2. The number of ether oxygens (including phenoxy) is 3. The van der Waals surface area contributed by atoms with Crippen LogP contribution in [0.2, 0.25) is 0 Å². The summed E-state index contributed by atoms with van der Waals surface area (Å²) in [5, 5.41) is 0. The van der Waals surface area contributed by atoms with E-state index in [1.807, 2.05) is 30.3 Å². The molecule has 0 amide bonds. The molecule has 4 nitrogen and oxygen atoms in total. The lowest BCUT2D eigenvalue weighted by Gasteiger charge is -2.27. The van der Waals surface area contributed by atoms with Crippen molar-refractivity contribution < 1.29 is 19.0 Å². The fraction of sp³-hybridized carbons (Fsp3) is 0.235. The quantitative estimate of drug-likeness (QED) is 0.866. The Labute approximate surface area is 123 Å². The topological polar surface area (TPSA) is 44.8 Å². The van der Waals surface area contributed by atoms with Gasteiger partial charge in [-0.05, 0) is 11.6 Å². The number of hydrogen-bond donors (Lipinski definition) is 0. The van der Waals surface area contributed by atoms with Gasteiger partial charge in [-0.15, -0.1) is 0 Å². The molecule has 0 spiro atoms. The first kappa shape index (κ1) is 13.5. The summed E-state index contributed by atoms with van der Waals surface area (Å²) in [6.45, 7) is 0. The van der Waals surface area contributed by atoms with Crippen LogP contribution in [0.25, 0.3) is 0 Å². The van der Waals surface area contributed by atoms with E-state index in [1.165, 1.54) is 0 Å². The summed E-state index contributed by atoms with van der Waals surface area (Å²) >= 11 is 0. The summed E-state index contributed by atoms with van der Waals surface area (Å²) in [5.74, 6) is 1.62. The van der Waals surface area contributed by atoms with E-state index in [9.17, 15) is 4.79 Å². The maximum absolute atomic E-state index is 12.4. The average Bonchev–Trinajstić information content (AvgIpc) is 2.54. The predicted molar refractivity (Wildman–Crippen MR) is 78.3 cm³/mol. The van der Waals surface area contributed by atoms with E-state index in [2.05, 4.69) is 0 Å². The second-order valence-corrected chi connectivity index (χ2v) is 4.85. The minimum atomic E-state index is -0.284. The number of hydrogen-bond acceptors (Lipinski definition) is 4. The molecule has 1 aliphatic heterocycles. The molecular weight excluding hydrogens is 268 g/mol. The maximum atomic E-state index is 12.4.